The van der Waals surface area contributed by atoms with Crippen LogP contribution in [0.1, 0.15) is 36.1 Å². The number of ether oxygens (including phenoxy) is 1. The Labute approximate surface area is 153 Å². The van der Waals surface area contributed by atoms with Gasteiger partial charge in [0, 0.05) is 19.6 Å². The molecule has 0 bridgehead atoms. The van der Waals surface area contributed by atoms with Gasteiger partial charge in [-0.3, -0.25) is 9.69 Å². The lowest BCUT2D eigenvalue weighted by molar-refractivity contribution is -0.131. The van der Waals surface area contributed by atoms with Gasteiger partial charge in [0.1, 0.15) is 11.6 Å². The molecule has 1 amide bonds. The minimum atomic E-state index is 0.0396. The van der Waals surface area contributed by atoms with E-state index in [0.717, 1.165) is 62.0 Å². The Morgan fingerprint density at radius 2 is 2.15 bits per heavy atom. The van der Waals surface area contributed by atoms with Crippen LogP contribution in [0.15, 0.2) is 24.3 Å². The molecule has 0 radical (unpaired) electrons. The van der Waals surface area contributed by atoms with E-state index in [2.05, 4.69) is 26.7 Å². The van der Waals surface area contributed by atoms with Crippen molar-refractivity contribution in [2.45, 2.75) is 38.4 Å². The topological polar surface area (TPSA) is 63.5 Å². The van der Waals surface area contributed by atoms with E-state index in [4.69, 9.17) is 4.74 Å². The van der Waals surface area contributed by atoms with Crippen molar-refractivity contribution >= 4 is 5.91 Å². The summed E-state index contributed by atoms with van der Waals surface area (Å²) >= 11 is 0. The van der Waals surface area contributed by atoms with Crippen molar-refractivity contribution < 1.29 is 9.53 Å². The molecule has 138 valence electrons. The summed E-state index contributed by atoms with van der Waals surface area (Å²) in [6, 6.07) is 7.76. The van der Waals surface area contributed by atoms with E-state index in [-0.39, 0.29) is 11.9 Å². The van der Waals surface area contributed by atoms with Crippen LogP contribution < -0.4 is 4.74 Å². The molecule has 4 rings (SSSR count). The maximum absolute atomic E-state index is 13.0. The summed E-state index contributed by atoms with van der Waals surface area (Å²) in [6.07, 6.45) is 2.35. The molecule has 1 atom stereocenters. The summed E-state index contributed by atoms with van der Waals surface area (Å²) in [7, 11) is 3.74. The number of carbonyl (C=O) groups excluding carboxylic acids is 1. The smallest absolute Gasteiger partial charge is 0.227 e. The molecule has 1 fully saturated rings. The Balaban J connectivity index is 1.52. The van der Waals surface area contributed by atoms with Gasteiger partial charge in [0.2, 0.25) is 5.91 Å². The first-order valence-corrected chi connectivity index (χ1v) is 9.18. The van der Waals surface area contributed by atoms with Crippen LogP contribution in [0.3, 0.4) is 0 Å². The Hall–Kier alpha value is -2.41. The third-order valence-corrected chi connectivity index (χ3v) is 5.33. The predicted octanol–water partition coefficient (Wildman–Crippen LogP) is 1.64. The number of amides is 1. The van der Waals surface area contributed by atoms with Gasteiger partial charge >= 0.3 is 0 Å². The molecule has 26 heavy (non-hydrogen) atoms. The molecule has 0 saturated carbocycles. The molecule has 0 N–H and O–H groups in total. The minimum Gasteiger partial charge on any atom is -0.497 e. The van der Waals surface area contributed by atoms with Gasteiger partial charge in [-0.25, -0.2) is 0 Å². The van der Waals surface area contributed by atoms with Crippen LogP contribution in [-0.2, 0) is 24.3 Å². The number of hydrogen-bond donors (Lipinski definition) is 0. The molecule has 1 aromatic carbocycles. The van der Waals surface area contributed by atoms with Crippen LogP contribution in [0.2, 0.25) is 0 Å². The first-order valence-electron chi connectivity index (χ1n) is 9.18. The van der Waals surface area contributed by atoms with E-state index in [0.29, 0.717) is 6.42 Å². The summed E-state index contributed by atoms with van der Waals surface area (Å²) in [5.41, 5.74) is 0.977. The molecule has 7 nitrogen and oxygen atoms in total. The monoisotopic (exact) mass is 355 g/mol. The summed E-state index contributed by atoms with van der Waals surface area (Å²) in [4.78, 5) is 17.2. The van der Waals surface area contributed by atoms with Crippen molar-refractivity contribution in [1.29, 1.82) is 0 Å². The van der Waals surface area contributed by atoms with E-state index in [9.17, 15) is 4.79 Å². The van der Waals surface area contributed by atoms with Gasteiger partial charge in [-0.1, -0.05) is 12.1 Å². The van der Waals surface area contributed by atoms with Gasteiger partial charge in [-0.2, -0.15) is 0 Å². The molecule has 7 heteroatoms. The number of hydrogen-bond acceptors (Lipinski definition) is 5. The summed E-state index contributed by atoms with van der Waals surface area (Å²) < 4.78 is 7.47. The van der Waals surface area contributed by atoms with Gasteiger partial charge in [0.05, 0.1) is 26.1 Å². The van der Waals surface area contributed by atoms with Gasteiger partial charge in [0.15, 0.2) is 5.82 Å². The van der Waals surface area contributed by atoms with Crippen LogP contribution in [0, 0.1) is 0 Å². The largest absolute Gasteiger partial charge is 0.497 e. The van der Waals surface area contributed by atoms with Crippen molar-refractivity contribution in [1.82, 2.24) is 24.6 Å². The van der Waals surface area contributed by atoms with E-state index in [1.165, 1.54) is 0 Å². The molecular weight excluding hydrogens is 330 g/mol. The highest BCUT2D eigenvalue weighted by Crippen LogP contribution is 2.32. The van der Waals surface area contributed by atoms with Crippen molar-refractivity contribution in [2.24, 2.45) is 0 Å². The van der Waals surface area contributed by atoms with E-state index in [1.807, 2.05) is 29.2 Å². The average Bonchev–Trinajstić information content (AvgIpc) is 3.27. The highest BCUT2D eigenvalue weighted by Gasteiger charge is 2.34. The lowest BCUT2D eigenvalue weighted by atomic mass is 10.1. The number of nitrogens with zero attached hydrogens (tertiary/aromatic N) is 5. The summed E-state index contributed by atoms with van der Waals surface area (Å²) in [5.74, 6) is 2.88. The van der Waals surface area contributed by atoms with E-state index < -0.39 is 0 Å². The molecule has 1 saturated heterocycles. The number of methoxy groups -OCH3 is 1. The van der Waals surface area contributed by atoms with Crippen LogP contribution in [-0.4, -0.2) is 57.7 Å². The van der Waals surface area contributed by atoms with Gasteiger partial charge in [-0.05, 0) is 37.6 Å². The van der Waals surface area contributed by atoms with Gasteiger partial charge in [-0.15, -0.1) is 10.2 Å². The first-order chi connectivity index (χ1) is 12.7. The van der Waals surface area contributed by atoms with Crippen LogP contribution in [0.4, 0.5) is 0 Å². The van der Waals surface area contributed by atoms with E-state index in [1.54, 1.807) is 7.11 Å². The van der Waals surface area contributed by atoms with Gasteiger partial charge < -0.3 is 14.2 Å². The van der Waals surface area contributed by atoms with Crippen LogP contribution in [0.25, 0.3) is 0 Å². The number of carbonyl (C=O) groups is 1. The zero-order valence-electron chi connectivity index (χ0n) is 15.4. The SMILES string of the molecule is COc1cccc(CC(=O)N2CCC[C@@H]2c2nnc3n2CCN(C)C3)c1. The molecule has 1 aromatic heterocycles. The maximum atomic E-state index is 13.0. The Kier molecular flexibility index (Phi) is 4.63. The number of fused-ring (bicyclic) bond motifs is 1. The fourth-order valence-corrected chi connectivity index (χ4v) is 3.94. The lowest BCUT2D eigenvalue weighted by Crippen LogP contribution is -2.35. The molecular formula is C19H25N5O2. The minimum absolute atomic E-state index is 0.0396. The third-order valence-electron chi connectivity index (χ3n) is 5.33. The lowest BCUT2D eigenvalue weighted by Gasteiger charge is -2.28. The highest BCUT2D eigenvalue weighted by molar-refractivity contribution is 5.79. The fraction of sp³-hybridized carbons (Fsp3) is 0.526. The van der Waals surface area contributed by atoms with Crippen molar-refractivity contribution in [3.05, 3.63) is 41.5 Å². The fourth-order valence-electron chi connectivity index (χ4n) is 3.94. The van der Waals surface area contributed by atoms with Crippen molar-refractivity contribution in [3.63, 3.8) is 0 Å². The Morgan fingerprint density at radius 3 is 3.00 bits per heavy atom. The first kappa shape index (κ1) is 17.0. The summed E-state index contributed by atoms with van der Waals surface area (Å²) in [5, 5.41) is 8.82. The molecule has 0 spiro atoms. The Bertz CT molecular complexity index is 803. The molecule has 0 unspecified atom stereocenters. The predicted molar refractivity (Wildman–Crippen MR) is 96.7 cm³/mol. The number of likely N-dealkylation sites (N-methyl/N-ethyl adjacent to an activating group) is 1. The molecule has 2 aliphatic heterocycles. The van der Waals surface area contributed by atoms with E-state index >= 15 is 0 Å². The third kappa shape index (κ3) is 3.19. The second kappa shape index (κ2) is 7.07. The number of benzene rings is 1. The van der Waals surface area contributed by atoms with Crippen LogP contribution in [0.5, 0.6) is 5.75 Å². The maximum Gasteiger partial charge on any atom is 0.227 e. The second-order valence-corrected chi connectivity index (χ2v) is 7.14. The molecule has 2 aromatic rings. The second-order valence-electron chi connectivity index (χ2n) is 7.14. The van der Waals surface area contributed by atoms with Crippen molar-refractivity contribution in [2.75, 3.05) is 27.2 Å². The highest BCUT2D eigenvalue weighted by atomic mass is 16.5. The Morgan fingerprint density at radius 1 is 1.27 bits per heavy atom. The zero-order chi connectivity index (χ0) is 18.1. The summed E-state index contributed by atoms with van der Waals surface area (Å²) in [6.45, 7) is 3.48. The number of likely N-dealkylation sites (tertiary alicyclic amines) is 1. The molecule has 0 aliphatic carbocycles. The quantitative estimate of drug-likeness (QED) is 0.834. The molecule has 3 heterocycles. The zero-order valence-corrected chi connectivity index (χ0v) is 15.4. The number of rotatable bonds is 4. The van der Waals surface area contributed by atoms with Crippen LogP contribution >= 0.6 is 0 Å². The molecule has 2 aliphatic rings. The van der Waals surface area contributed by atoms with Crippen molar-refractivity contribution in [3.8, 4) is 5.75 Å². The standard InChI is InChI=1S/C19H25N5O2/c1-22-9-10-24-17(13-22)20-21-19(24)16-7-4-8-23(16)18(25)12-14-5-3-6-15(11-14)26-2/h3,5-6,11,16H,4,7-10,12-13H2,1-2H3/t16-/m1/s1. The van der Waals surface area contributed by atoms with Gasteiger partial charge in [0.25, 0.3) is 0 Å². The number of aromatic nitrogens is 3. The average molecular weight is 355 g/mol. The normalized spacial score (nSPS) is 20.2.